The molecule has 1 aliphatic rings. The summed E-state index contributed by atoms with van der Waals surface area (Å²) < 4.78 is 0. The molecule has 2 heterocycles. The normalized spacial score (nSPS) is 23.1. The van der Waals surface area contributed by atoms with Gasteiger partial charge < -0.3 is 15.3 Å². The van der Waals surface area contributed by atoms with Crippen LogP contribution in [0, 0.1) is 18.8 Å². The summed E-state index contributed by atoms with van der Waals surface area (Å²) in [6.07, 6.45) is 0.802. The zero-order valence-corrected chi connectivity index (χ0v) is 13.4. The first-order valence-electron chi connectivity index (χ1n) is 7.20. The summed E-state index contributed by atoms with van der Waals surface area (Å²) in [7, 11) is 0. The molecule has 1 fully saturated rings. The fraction of sp³-hybridized carbons (Fsp3) is 0.600. The number of nitrogens with one attached hydrogen (secondary N) is 1. The first-order valence-corrected chi connectivity index (χ1v) is 8.02. The molecule has 1 saturated heterocycles. The second kappa shape index (κ2) is 6.47. The van der Waals surface area contributed by atoms with Gasteiger partial charge in [-0.25, -0.2) is 4.79 Å². The third-order valence-electron chi connectivity index (χ3n) is 3.89. The van der Waals surface area contributed by atoms with E-state index in [4.69, 9.17) is 5.11 Å². The minimum Gasteiger partial charge on any atom is -0.481 e. The number of thiophene rings is 1. The summed E-state index contributed by atoms with van der Waals surface area (Å²) in [6.45, 7) is 6.72. The van der Waals surface area contributed by atoms with Crippen molar-refractivity contribution in [2.24, 2.45) is 11.8 Å². The zero-order valence-electron chi connectivity index (χ0n) is 12.6. The van der Waals surface area contributed by atoms with Crippen molar-refractivity contribution >= 4 is 23.3 Å². The van der Waals surface area contributed by atoms with Gasteiger partial charge in [0.05, 0.1) is 5.92 Å². The summed E-state index contributed by atoms with van der Waals surface area (Å²) >= 11 is 1.74. The molecule has 3 atom stereocenters. The van der Waals surface area contributed by atoms with Crippen molar-refractivity contribution in [1.82, 2.24) is 10.2 Å². The Morgan fingerprint density at radius 1 is 1.48 bits per heavy atom. The van der Waals surface area contributed by atoms with Crippen molar-refractivity contribution in [3.63, 3.8) is 0 Å². The average molecular weight is 310 g/mol. The molecule has 2 N–H and O–H groups in total. The number of likely N-dealkylation sites (tertiary alicyclic amines) is 1. The number of amides is 2. The number of carbonyl (C=O) groups excluding carboxylic acids is 1. The van der Waals surface area contributed by atoms with E-state index in [1.54, 1.807) is 16.2 Å². The predicted octanol–water partition coefficient (Wildman–Crippen LogP) is 2.35. The second-order valence-electron chi connectivity index (χ2n) is 5.89. The van der Waals surface area contributed by atoms with Crippen molar-refractivity contribution in [2.75, 3.05) is 13.1 Å². The van der Waals surface area contributed by atoms with Crippen LogP contribution in [0.5, 0.6) is 0 Å². The maximum absolute atomic E-state index is 12.2. The van der Waals surface area contributed by atoms with Gasteiger partial charge in [-0.15, -0.1) is 11.3 Å². The number of urea groups is 1. The lowest BCUT2D eigenvalue weighted by atomic mass is 9.99. The SMILES string of the molecule is Cc1ccc(CC(C)NC(=O)N2C[C@@H](C)[C@H](C(=O)O)C2)s1. The summed E-state index contributed by atoms with van der Waals surface area (Å²) in [5, 5.41) is 12.1. The van der Waals surface area contributed by atoms with Gasteiger partial charge in [-0.3, -0.25) is 4.79 Å². The number of hydrogen-bond acceptors (Lipinski definition) is 3. The molecule has 0 aliphatic carbocycles. The van der Waals surface area contributed by atoms with Gasteiger partial charge in [0.25, 0.3) is 0 Å². The molecule has 0 radical (unpaired) electrons. The standard InChI is InChI=1S/C15H22N2O3S/c1-9-7-17(8-13(9)14(18)19)15(20)16-10(2)6-12-5-4-11(3)21-12/h4-5,9-10,13H,6-8H2,1-3H3,(H,16,20)(H,18,19)/t9-,10?,13-/m1/s1. The highest BCUT2D eigenvalue weighted by Crippen LogP contribution is 2.23. The van der Waals surface area contributed by atoms with Crippen LogP contribution in [0.1, 0.15) is 23.6 Å². The van der Waals surface area contributed by atoms with E-state index in [-0.39, 0.29) is 18.0 Å². The number of aryl methyl sites for hydroxylation is 1. The van der Waals surface area contributed by atoms with Crippen LogP contribution in [0.4, 0.5) is 4.79 Å². The molecule has 1 aliphatic heterocycles. The maximum atomic E-state index is 12.2. The van der Waals surface area contributed by atoms with Crippen LogP contribution in [0.3, 0.4) is 0 Å². The second-order valence-corrected chi connectivity index (χ2v) is 7.27. The monoisotopic (exact) mass is 310 g/mol. The van der Waals surface area contributed by atoms with E-state index in [2.05, 4.69) is 24.4 Å². The molecule has 1 unspecified atom stereocenters. The van der Waals surface area contributed by atoms with Gasteiger partial charge >= 0.3 is 12.0 Å². The molecule has 2 rings (SSSR count). The number of hydrogen-bond donors (Lipinski definition) is 2. The van der Waals surface area contributed by atoms with Gasteiger partial charge in [0, 0.05) is 35.3 Å². The van der Waals surface area contributed by atoms with Gasteiger partial charge in [0.2, 0.25) is 0 Å². The Kier molecular flexibility index (Phi) is 4.88. The molecule has 1 aromatic rings. The molecule has 0 saturated carbocycles. The fourth-order valence-electron chi connectivity index (χ4n) is 2.70. The van der Waals surface area contributed by atoms with Crippen LogP contribution in [0.15, 0.2) is 12.1 Å². The molecule has 2 amide bonds. The van der Waals surface area contributed by atoms with Crippen molar-refractivity contribution in [1.29, 1.82) is 0 Å². The van der Waals surface area contributed by atoms with E-state index in [0.29, 0.717) is 13.1 Å². The van der Waals surface area contributed by atoms with Crippen LogP contribution in [-0.4, -0.2) is 41.1 Å². The topological polar surface area (TPSA) is 69.6 Å². The van der Waals surface area contributed by atoms with Gasteiger partial charge in [0.15, 0.2) is 0 Å². The van der Waals surface area contributed by atoms with Crippen molar-refractivity contribution in [2.45, 2.75) is 33.2 Å². The minimum absolute atomic E-state index is 0.00324. The number of rotatable bonds is 4. The van der Waals surface area contributed by atoms with Gasteiger partial charge in [0.1, 0.15) is 0 Å². The highest BCUT2D eigenvalue weighted by Gasteiger charge is 2.37. The zero-order chi connectivity index (χ0) is 15.6. The first-order chi connectivity index (χ1) is 9.86. The smallest absolute Gasteiger partial charge is 0.317 e. The van der Waals surface area contributed by atoms with Gasteiger partial charge in [-0.05, 0) is 31.9 Å². The highest BCUT2D eigenvalue weighted by atomic mass is 32.1. The van der Waals surface area contributed by atoms with Crippen LogP contribution < -0.4 is 5.32 Å². The molecule has 5 nitrogen and oxygen atoms in total. The molecule has 0 spiro atoms. The van der Waals surface area contributed by atoms with E-state index in [9.17, 15) is 9.59 Å². The number of carboxylic acid groups (broad SMARTS) is 1. The molecule has 116 valence electrons. The Balaban J connectivity index is 1.85. The molecular weight excluding hydrogens is 288 g/mol. The Bertz CT molecular complexity index is 529. The third-order valence-corrected chi connectivity index (χ3v) is 4.91. The van der Waals surface area contributed by atoms with E-state index < -0.39 is 11.9 Å². The summed E-state index contributed by atoms with van der Waals surface area (Å²) in [5.74, 6) is -1.27. The lowest BCUT2D eigenvalue weighted by Gasteiger charge is -2.20. The number of aliphatic carboxylic acids is 1. The Morgan fingerprint density at radius 2 is 2.19 bits per heavy atom. The van der Waals surface area contributed by atoms with E-state index in [1.165, 1.54) is 9.75 Å². The molecular formula is C15H22N2O3S. The molecule has 6 heteroatoms. The molecule has 21 heavy (non-hydrogen) atoms. The number of nitrogens with zero attached hydrogens (tertiary/aromatic N) is 1. The lowest BCUT2D eigenvalue weighted by molar-refractivity contribution is -0.142. The Morgan fingerprint density at radius 3 is 2.71 bits per heavy atom. The highest BCUT2D eigenvalue weighted by molar-refractivity contribution is 7.11. The predicted molar refractivity (Wildman–Crippen MR) is 82.6 cm³/mol. The molecule has 0 aromatic carbocycles. The van der Waals surface area contributed by atoms with Crippen molar-refractivity contribution in [3.8, 4) is 0 Å². The summed E-state index contributed by atoms with van der Waals surface area (Å²) in [6, 6.07) is 4.04. The van der Waals surface area contributed by atoms with E-state index in [1.807, 2.05) is 13.8 Å². The number of carboxylic acids is 1. The first kappa shape index (κ1) is 15.8. The largest absolute Gasteiger partial charge is 0.481 e. The van der Waals surface area contributed by atoms with Crippen molar-refractivity contribution < 1.29 is 14.7 Å². The Labute approximate surface area is 129 Å². The van der Waals surface area contributed by atoms with Crippen LogP contribution in [-0.2, 0) is 11.2 Å². The van der Waals surface area contributed by atoms with Crippen molar-refractivity contribution in [3.05, 3.63) is 21.9 Å². The lowest BCUT2D eigenvalue weighted by Crippen LogP contribution is -2.43. The van der Waals surface area contributed by atoms with Gasteiger partial charge in [-0.1, -0.05) is 6.92 Å². The quantitative estimate of drug-likeness (QED) is 0.897. The van der Waals surface area contributed by atoms with E-state index in [0.717, 1.165) is 6.42 Å². The fourth-order valence-corrected chi connectivity index (χ4v) is 3.72. The van der Waals surface area contributed by atoms with Crippen LogP contribution in [0.25, 0.3) is 0 Å². The molecule has 0 bridgehead atoms. The maximum Gasteiger partial charge on any atom is 0.317 e. The van der Waals surface area contributed by atoms with E-state index >= 15 is 0 Å². The van der Waals surface area contributed by atoms with Gasteiger partial charge in [-0.2, -0.15) is 0 Å². The summed E-state index contributed by atoms with van der Waals surface area (Å²) in [5.41, 5.74) is 0. The summed E-state index contributed by atoms with van der Waals surface area (Å²) in [4.78, 5) is 27.4. The third kappa shape index (κ3) is 3.97. The average Bonchev–Trinajstić information content (AvgIpc) is 2.95. The Hall–Kier alpha value is -1.56. The van der Waals surface area contributed by atoms with Crippen LogP contribution >= 0.6 is 11.3 Å². The minimum atomic E-state index is -0.820. The number of carbonyl (C=O) groups is 2. The molecule has 1 aromatic heterocycles. The van der Waals surface area contributed by atoms with Crippen LogP contribution in [0.2, 0.25) is 0 Å².